The fourth-order valence-electron chi connectivity index (χ4n) is 2.99. The minimum Gasteiger partial charge on any atom is -0.465 e. The van der Waals surface area contributed by atoms with Crippen LogP contribution in [0.3, 0.4) is 0 Å². The van der Waals surface area contributed by atoms with Crippen LogP contribution < -0.4 is 0 Å². The molecule has 1 saturated heterocycles. The Morgan fingerprint density at radius 1 is 1.00 bits per heavy atom. The first-order valence-electron chi connectivity index (χ1n) is 7.45. The molecule has 0 amide bonds. The zero-order valence-corrected chi connectivity index (χ0v) is 12.0. The topological polar surface area (TPSA) is 39.2 Å². The number of carbonyl (C=O) groups excluding carboxylic acids is 1. The number of para-hydroxylation sites is 1. The predicted octanol–water partition coefficient (Wildman–Crippen LogP) is 3.93. The van der Waals surface area contributed by atoms with Crippen molar-refractivity contribution in [3.63, 3.8) is 0 Å². The Kier molecular flexibility index (Phi) is 3.11. The molecule has 3 aromatic rings. The van der Waals surface area contributed by atoms with Crippen molar-refractivity contribution in [3.8, 4) is 11.1 Å². The molecule has 4 rings (SSSR count). The second-order valence-corrected chi connectivity index (χ2v) is 5.49. The van der Waals surface area contributed by atoms with E-state index in [0.717, 1.165) is 27.7 Å². The van der Waals surface area contributed by atoms with Crippen LogP contribution in [0, 0.1) is 0 Å². The van der Waals surface area contributed by atoms with Gasteiger partial charge in [0, 0.05) is 17.4 Å². The summed E-state index contributed by atoms with van der Waals surface area (Å²) < 4.78 is 5.14. The fourth-order valence-corrected chi connectivity index (χ4v) is 2.99. The lowest BCUT2D eigenvalue weighted by Gasteiger charge is -2.14. The summed E-state index contributed by atoms with van der Waals surface area (Å²) in [5.41, 5.74) is 3.84. The molecule has 0 aliphatic carbocycles. The molecule has 22 heavy (non-hydrogen) atoms. The number of hydrogen-bond acceptors (Lipinski definition) is 3. The van der Waals surface area contributed by atoms with E-state index in [9.17, 15) is 4.79 Å². The molecule has 0 radical (unpaired) electrons. The van der Waals surface area contributed by atoms with Gasteiger partial charge in [0.15, 0.2) is 0 Å². The first kappa shape index (κ1) is 13.0. The SMILES string of the molecule is O=C1OCCC1c1nc2ccccc2cc1-c1ccccc1. The van der Waals surface area contributed by atoms with E-state index in [1.807, 2.05) is 42.5 Å². The highest BCUT2D eigenvalue weighted by atomic mass is 16.5. The number of benzene rings is 2. The molecule has 1 aliphatic rings. The van der Waals surface area contributed by atoms with Crippen LogP contribution in [0.2, 0.25) is 0 Å². The number of aromatic nitrogens is 1. The van der Waals surface area contributed by atoms with Crippen molar-refractivity contribution in [2.24, 2.45) is 0 Å². The van der Waals surface area contributed by atoms with Crippen molar-refractivity contribution in [1.29, 1.82) is 0 Å². The molecule has 0 spiro atoms. The van der Waals surface area contributed by atoms with Gasteiger partial charge < -0.3 is 4.74 Å². The molecule has 1 aromatic heterocycles. The summed E-state index contributed by atoms with van der Waals surface area (Å²) in [7, 11) is 0. The van der Waals surface area contributed by atoms with Crippen LogP contribution in [0.1, 0.15) is 18.0 Å². The van der Waals surface area contributed by atoms with E-state index in [2.05, 4.69) is 18.2 Å². The van der Waals surface area contributed by atoms with Crippen LogP contribution >= 0.6 is 0 Å². The third-order valence-corrected chi connectivity index (χ3v) is 4.10. The molecule has 3 heteroatoms. The Morgan fingerprint density at radius 2 is 1.77 bits per heavy atom. The summed E-state index contributed by atoms with van der Waals surface area (Å²) in [5.74, 6) is -0.431. The zero-order chi connectivity index (χ0) is 14.9. The molecule has 1 unspecified atom stereocenters. The first-order valence-corrected chi connectivity index (χ1v) is 7.45. The molecule has 0 saturated carbocycles. The van der Waals surface area contributed by atoms with Gasteiger partial charge in [-0.25, -0.2) is 0 Å². The molecular weight excluding hydrogens is 274 g/mol. The van der Waals surface area contributed by atoms with Gasteiger partial charge in [-0.15, -0.1) is 0 Å². The Morgan fingerprint density at radius 3 is 2.55 bits per heavy atom. The van der Waals surface area contributed by atoms with E-state index in [0.29, 0.717) is 13.0 Å². The lowest BCUT2D eigenvalue weighted by molar-refractivity contribution is -0.139. The predicted molar refractivity (Wildman–Crippen MR) is 85.5 cm³/mol. The van der Waals surface area contributed by atoms with Crippen molar-refractivity contribution in [2.45, 2.75) is 12.3 Å². The normalized spacial score (nSPS) is 17.6. The van der Waals surface area contributed by atoms with Crippen LogP contribution in [0.25, 0.3) is 22.0 Å². The second kappa shape index (κ2) is 5.26. The van der Waals surface area contributed by atoms with Crippen LogP contribution in [-0.4, -0.2) is 17.6 Å². The highest BCUT2D eigenvalue weighted by molar-refractivity contribution is 5.89. The molecule has 3 nitrogen and oxygen atoms in total. The van der Waals surface area contributed by atoms with Gasteiger partial charge in [-0.05, 0) is 17.7 Å². The van der Waals surface area contributed by atoms with Gasteiger partial charge in [0.25, 0.3) is 0 Å². The average molecular weight is 289 g/mol. The standard InChI is InChI=1S/C19H15NO2/c21-19-15(10-11-22-19)18-16(13-6-2-1-3-7-13)12-14-8-4-5-9-17(14)20-18/h1-9,12,15H,10-11H2. The molecule has 1 fully saturated rings. The van der Waals surface area contributed by atoms with E-state index in [1.165, 1.54) is 0 Å². The van der Waals surface area contributed by atoms with E-state index in [-0.39, 0.29) is 11.9 Å². The van der Waals surface area contributed by atoms with Crippen LogP contribution in [-0.2, 0) is 9.53 Å². The van der Waals surface area contributed by atoms with Crippen LogP contribution in [0.15, 0.2) is 60.7 Å². The maximum atomic E-state index is 12.0. The highest BCUT2D eigenvalue weighted by Crippen LogP contribution is 2.35. The molecule has 2 aromatic carbocycles. The summed E-state index contributed by atoms with van der Waals surface area (Å²) in [6, 6.07) is 20.2. The maximum absolute atomic E-state index is 12.0. The Balaban J connectivity index is 1.97. The minimum atomic E-state index is -0.264. The van der Waals surface area contributed by atoms with Gasteiger partial charge in [0.1, 0.15) is 5.92 Å². The Bertz CT molecular complexity index is 842. The van der Waals surface area contributed by atoms with Gasteiger partial charge in [-0.1, -0.05) is 48.5 Å². The third-order valence-electron chi connectivity index (χ3n) is 4.10. The summed E-state index contributed by atoms with van der Waals surface area (Å²) in [4.78, 5) is 16.8. The number of pyridine rings is 1. The summed E-state index contributed by atoms with van der Waals surface area (Å²) in [5, 5.41) is 1.08. The Hall–Kier alpha value is -2.68. The summed E-state index contributed by atoms with van der Waals surface area (Å²) in [6.07, 6.45) is 0.698. The first-order chi connectivity index (χ1) is 10.8. The third kappa shape index (κ3) is 2.15. The molecule has 2 heterocycles. The highest BCUT2D eigenvalue weighted by Gasteiger charge is 2.31. The van der Waals surface area contributed by atoms with Gasteiger partial charge in [0.05, 0.1) is 17.8 Å². The number of cyclic esters (lactones) is 1. The molecule has 0 bridgehead atoms. The van der Waals surface area contributed by atoms with Crippen molar-refractivity contribution in [2.75, 3.05) is 6.61 Å². The molecule has 1 atom stereocenters. The fraction of sp³-hybridized carbons (Fsp3) is 0.158. The van der Waals surface area contributed by atoms with Crippen molar-refractivity contribution in [1.82, 2.24) is 4.98 Å². The molecular formula is C19H15NO2. The zero-order valence-electron chi connectivity index (χ0n) is 12.0. The van der Waals surface area contributed by atoms with Gasteiger partial charge in [0.2, 0.25) is 0 Å². The molecule has 1 aliphatic heterocycles. The largest absolute Gasteiger partial charge is 0.465 e. The smallest absolute Gasteiger partial charge is 0.315 e. The number of nitrogens with zero attached hydrogens (tertiary/aromatic N) is 1. The van der Waals surface area contributed by atoms with Gasteiger partial charge >= 0.3 is 5.97 Å². The van der Waals surface area contributed by atoms with Crippen molar-refractivity contribution >= 4 is 16.9 Å². The van der Waals surface area contributed by atoms with E-state index in [4.69, 9.17) is 9.72 Å². The quantitative estimate of drug-likeness (QED) is 0.671. The molecule has 108 valence electrons. The van der Waals surface area contributed by atoms with E-state index in [1.54, 1.807) is 0 Å². The van der Waals surface area contributed by atoms with Crippen LogP contribution in [0.5, 0.6) is 0 Å². The van der Waals surface area contributed by atoms with Gasteiger partial charge in [-0.3, -0.25) is 9.78 Å². The lowest BCUT2D eigenvalue weighted by Crippen LogP contribution is -2.09. The average Bonchev–Trinajstić information content (AvgIpc) is 3.00. The van der Waals surface area contributed by atoms with Crippen molar-refractivity contribution < 1.29 is 9.53 Å². The second-order valence-electron chi connectivity index (χ2n) is 5.49. The van der Waals surface area contributed by atoms with E-state index >= 15 is 0 Å². The number of fused-ring (bicyclic) bond motifs is 1. The van der Waals surface area contributed by atoms with E-state index < -0.39 is 0 Å². The summed E-state index contributed by atoms with van der Waals surface area (Å²) >= 11 is 0. The van der Waals surface area contributed by atoms with Crippen LogP contribution in [0.4, 0.5) is 0 Å². The Labute approximate surface area is 128 Å². The number of esters is 1. The molecule has 0 N–H and O–H groups in total. The number of ether oxygens (including phenoxy) is 1. The lowest BCUT2D eigenvalue weighted by atomic mass is 9.93. The number of hydrogen-bond donors (Lipinski definition) is 0. The monoisotopic (exact) mass is 289 g/mol. The van der Waals surface area contributed by atoms with Crippen molar-refractivity contribution in [3.05, 3.63) is 66.4 Å². The number of rotatable bonds is 2. The minimum absolute atomic E-state index is 0.167. The summed E-state index contributed by atoms with van der Waals surface area (Å²) in [6.45, 7) is 0.478. The number of carbonyl (C=O) groups is 1. The van der Waals surface area contributed by atoms with Gasteiger partial charge in [-0.2, -0.15) is 0 Å². The maximum Gasteiger partial charge on any atom is 0.315 e.